The Hall–Kier alpha value is -2.13. The van der Waals surface area contributed by atoms with Crippen LogP contribution >= 0.6 is 0 Å². The number of rotatable bonds is 6. The molecule has 0 spiro atoms. The summed E-state index contributed by atoms with van der Waals surface area (Å²) in [5.41, 5.74) is 7.68. The first-order valence-corrected chi connectivity index (χ1v) is 8.45. The molecule has 3 N–H and O–H groups in total. The molecule has 0 saturated heterocycles. The van der Waals surface area contributed by atoms with Gasteiger partial charge in [-0.1, -0.05) is 24.3 Å². The standard InChI is InChI=1S/C19H22N2O6.Na/c1-4-26-18(23)15-12-8-6-11(10-14(22)21(3)25)7-9-13(12)16(17(15)20)19(24)27-5-2;/h6-9,25H,4-5,10,20H2,1-3H3;. The van der Waals surface area contributed by atoms with Crippen LogP contribution in [0.5, 0.6) is 0 Å². The van der Waals surface area contributed by atoms with E-state index < -0.39 is 17.8 Å². The summed E-state index contributed by atoms with van der Waals surface area (Å²) >= 11 is 0. The first-order chi connectivity index (χ1) is 12.8. The quantitative estimate of drug-likeness (QED) is 0.330. The minimum Gasteiger partial charge on any atom is -0.462 e. The van der Waals surface area contributed by atoms with Gasteiger partial charge in [0.1, 0.15) is 0 Å². The number of ether oxygens (including phenoxy) is 2. The van der Waals surface area contributed by atoms with E-state index in [1.54, 1.807) is 38.1 Å². The summed E-state index contributed by atoms with van der Waals surface area (Å²) in [5.74, 6) is -1.79. The number of hydrogen-bond acceptors (Lipinski definition) is 7. The van der Waals surface area contributed by atoms with Crippen molar-refractivity contribution >= 4 is 53.1 Å². The Balaban J connectivity index is 0.00000392. The Morgan fingerprint density at radius 2 is 1.39 bits per heavy atom. The van der Waals surface area contributed by atoms with Gasteiger partial charge in [0, 0.05) is 36.6 Å². The summed E-state index contributed by atoms with van der Waals surface area (Å²) < 4.78 is 10.1. The van der Waals surface area contributed by atoms with Crippen LogP contribution in [0, 0.1) is 0 Å². The molecular formula is C19H22N2NaO6. The Labute approximate surface area is 185 Å². The van der Waals surface area contributed by atoms with Crippen LogP contribution < -0.4 is 5.73 Å². The molecule has 145 valence electrons. The molecule has 0 aromatic carbocycles. The van der Waals surface area contributed by atoms with Crippen LogP contribution in [0.4, 0.5) is 5.69 Å². The zero-order chi connectivity index (χ0) is 20.1. The van der Waals surface area contributed by atoms with Gasteiger partial charge in [-0.15, -0.1) is 0 Å². The predicted molar refractivity (Wildman–Crippen MR) is 103 cm³/mol. The SMILES string of the molecule is CCOC(=O)c1c2ccc(CC(=O)N(C)O)ccc-2c(C(=O)OCC)c1N.[Na]. The number of hydrogen-bond donors (Lipinski definition) is 2. The molecule has 0 saturated carbocycles. The second-order valence-corrected chi connectivity index (χ2v) is 5.77. The maximum absolute atomic E-state index is 12.4. The van der Waals surface area contributed by atoms with Gasteiger partial charge in [0.15, 0.2) is 0 Å². The molecule has 0 aromatic rings. The number of fused-ring (bicyclic) bond motifs is 1. The molecule has 0 heterocycles. The second kappa shape index (κ2) is 10.4. The predicted octanol–water partition coefficient (Wildman–Crippen LogP) is 1.74. The topological polar surface area (TPSA) is 119 Å². The summed E-state index contributed by atoms with van der Waals surface area (Å²) in [5, 5.41) is 9.73. The van der Waals surface area contributed by atoms with Crippen LogP contribution in [0.25, 0.3) is 11.1 Å². The monoisotopic (exact) mass is 397 g/mol. The van der Waals surface area contributed by atoms with Crippen molar-refractivity contribution in [3.63, 3.8) is 0 Å². The average Bonchev–Trinajstić information content (AvgIpc) is 2.74. The van der Waals surface area contributed by atoms with Crippen molar-refractivity contribution in [2.24, 2.45) is 0 Å². The molecule has 1 radical (unpaired) electrons. The van der Waals surface area contributed by atoms with Gasteiger partial charge in [0.25, 0.3) is 0 Å². The zero-order valence-electron chi connectivity index (χ0n) is 16.4. The van der Waals surface area contributed by atoms with Gasteiger partial charge in [0.05, 0.1) is 36.4 Å². The number of carbonyl (C=O) groups excluding carboxylic acids is 3. The first kappa shape index (κ1) is 23.9. The third kappa shape index (κ3) is 5.02. The maximum Gasteiger partial charge on any atom is 0.340 e. The van der Waals surface area contributed by atoms with Crippen LogP contribution in [-0.4, -0.2) is 77.9 Å². The van der Waals surface area contributed by atoms with E-state index in [0.717, 1.165) is 0 Å². The van der Waals surface area contributed by atoms with Crippen molar-refractivity contribution in [3.8, 4) is 11.1 Å². The Morgan fingerprint density at radius 1 is 0.964 bits per heavy atom. The van der Waals surface area contributed by atoms with Crippen LogP contribution in [0.3, 0.4) is 0 Å². The molecule has 1 amide bonds. The van der Waals surface area contributed by atoms with Crippen molar-refractivity contribution in [1.29, 1.82) is 0 Å². The molecular weight excluding hydrogens is 375 g/mol. The first-order valence-electron chi connectivity index (χ1n) is 8.45. The summed E-state index contributed by atoms with van der Waals surface area (Å²) in [6.07, 6.45) is -0.0523. The van der Waals surface area contributed by atoms with Crippen molar-refractivity contribution in [2.45, 2.75) is 20.3 Å². The van der Waals surface area contributed by atoms with Gasteiger partial charge >= 0.3 is 11.9 Å². The maximum atomic E-state index is 12.4. The Morgan fingerprint density at radius 3 is 1.75 bits per heavy atom. The minimum absolute atomic E-state index is 0. The summed E-state index contributed by atoms with van der Waals surface area (Å²) in [4.78, 5) is 36.5. The molecule has 9 heteroatoms. The molecule has 2 aliphatic carbocycles. The van der Waals surface area contributed by atoms with E-state index >= 15 is 0 Å². The van der Waals surface area contributed by atoms with E-state index in [0.29, 0.717) is 21.8 Å². The number of esters is 2. The number of hydroxylamine groups is 2. The summed E-state index contributed by atoms with van der Waals surface area (Å²) in [6.45, 7) is 3.64. The number of nitrogens with zero attached hydrogens (tertiary/aromatic N) is 1. The van der Waals surface area contributed by atoms with Crippen LogP contribution in [-0.2, 0) is 20.7 Å². The van der Waals surface area contributed by atoms with Crippen LogP contribution in [0.2, 0.25) is 0 Å². The molecule has 0 aromatic heterocycles. The number of anilines is 1. The van der Waals surface area contributed by atoms with E-state index in [9.17, 15) is 19.6 Å². The number of nitrogen functional groups attached to an aromatic ring is 1. The van der Waals surface area contributed by atoms with Gasteiger partial charge in [-0.25, -0.2) is 14.7 Å². The molecule has 8 nitrogen and oxygen atoms in total. The van der Waals surface area contributed by atoms with Crippen molar-refractivity contribution < 1.29 is 29.1 Å². The van der Waals surface area contributed by atoms with E-state index in [1.807, 2.05) is 0 Å². The number of carbonyl (C=O) groups is 3. The normalized spacial score (nSPS) is 10.1. The van der Waals surface area contributed by atoms with E-state index in [1.165, 1.54) is 7.05 Å². The van der Waals surface area contributed by atoms with Crippen LogP contribution in [0.1, 0.15) is 40.1 Å². The fourth-order valence-corrected chi connectivity index (χ4v) is 2.72. The molecule has 2 rings (SSSR count). The van der Waals surface area contributed by atoms with Crippen molar-refractivity contribution in [1.82, 2.24) is 5.06 Å². The third-order valence-electron chi connectivity index (χ3n) is 3.97. The van der Waals surface area contributed by atoms with Gasteiger partial charge in [0.2, 0.25) is 5.91 Å². The molecule has 0 bridgehead atoms. The van der Waals surface area contributed by atoms with E-state index in [4.69, 9.17) is 15.2 Å². The molecule has 2 aliphatic rings. The fraction of sp³-hybridized carbons (Fsp3) is 0.316. The fourth-order valence-electron chi connectivity index (χ4n) is 2.72. The zero-order valence-corrected chi connectivity index (χ0v) is 18.4. The van der Waals surface area contributed by atoms with Gasteiger partial charge < -0.3 is 15.2 Å². The van der Waals surface area contributed by atoms with Crippen molar-refractivity contribution in [2.75, 3.05) is 26.0 Å². The van der Waals surface area contributed by atoms with Gasteiger partial charge in [-0.05, 0) is 30.5 Å². The Kier molecular flexibility index (Phi) is 8.90. The van der Waals surface area contributed by atoms with Crippen LogP contribution in [0.15, 0.2) is 24.3 Å². The molecule has 28 heavy (non-hydrogen) atoms. The van der Waals surface area contributed by atoms with Crippen molar-refractivity contribution in [3.05, 3.63) is 41.0 Å². The molecule has 0 fully saturated rings. The van der Waals surface area contributed by atoms with E-state index in [2.05, 4.69) is 0 Å². The number of amides is 1. The molecule has 0 aliphatic heterocycles. The minimum atomic E-state index is -0.644. The second-order valence-electron chi connectivity index (χ2n) is 5.77. The van der Waals surface area contributed by atoms with Gasteiger partial charge in [-0.2, -0.15) is 0 Å². The number of nitrogens with two attached hydrogens (primary N) is 1. The largest absolute Gasteiger partial charge is 0.462 e. The third-order valence-corrected chi connectivity index (χ3v) is 3.97. The Bertz CT molecular complexity index is 797. The molecule has 0 unspecified atom stereocenters. The summed E-state index contributed by atoms with van der Waals surface area (Å²) in [7, 11) is 1.24. The van der Waals surface area contributed by atoms with Gasteiger partial charge in [-0.3, -0.25) is 10.0 Å². The van der Waals surface area contributed by atoms with E-state index in [-0.39, 0.29) is 66.0 Å². The molecule has 0 atom stereocenters. The number of likely N-dealkylation sites (N-methyl/N-ethyl adjacent to an activating group) is 1. The smallest absolute Gasteiger partial charge is 0.340 e. The summed E-state index contributed by atoms with van der Waals surface area (Å²) in [6, 6.07) is 6.45. The average molecular weight is 397 g/mol.